The number of carbonyl (C=O) groups excluding carboxylic acids is 2. The number of benzene rings is 2. The Labute approximate surface area is 306 Å². The van der Waals surface area contributed by atoms with E-state index in [-0.39, 0.29) is 42.1 Å². The molecule has 2 aliphatic heterocycles. The second-order valence-corrected chi connectivity index (χ2v) is 17.0. The smallest absolute Gasteiger partial charge is 0.263 e. The molecule has 0 radical (unpaired) electrons. The molecule has 2 bridgehead atoms. The fourth-order valence-electron chi connectivity index (χ4n) is 7.20. The number of amides is 1. The molecule has 7 atom stereocenters. The molecule has 1 aliphatic carbocycles. The highest BCUT2D eigenvalue weighted by atomic mass is 35.5. The van der Waals surface area contributed by atoms with Crippen molar-refractivity contribution in [2.24, 2.45) is 23.7 Å². The third kappa shape index (κ3) is 9.68. The van der Waals surface area contributed by atoms with Crippen LogP contribution in [0.4, 0.5) is 5.69 Å². The summed E-state index contributed by atoms with van der Waals surface area (Å²) in [6.45, 7) is 10.0. The van der Waals surface area contributed by atoms with Crippen molar-refractivity contribution in [1.82, 2.24) is 9.62 Å². The zero-order valence-electron chi connectivity index (χ0n) is 30.7. The van der Waals surface area contributed by atoms with Gasteiger partial charge in [-0.1, -0.05) is 44.4 Å². The molecule has 11 heteroatoms. The normalized spacial score (nSPS) is 27.4. The summed E-state index contributed by atoms with van der Waals surface area (Å²) in [6.07, 6.45) is 7.99. The number of aldehydes is 1. The largest absolute Gasteiger partial charge is 0.491 e. The predicted octanol–water partition coefficient (Wildman–Crippen LogP) is 6.01. The van der Waals surface area contributed by atoms with Crippen molar-refractivity contribution in [1.29, 1.82) is 0 Å². The lowest BCUT2D eigenvalue weighted by atomic mass is 9.66. The summed E-state index contributed by atoms with van der Waals surface area (Å²) in [5, 5.41) is 18.1. The number of hydrogen-bond donors (Lipinski definition) is 3. The van der Waals surface area contributed by atoms with Gasteiger partial charge in [-0.3, -0.25) is 14.4 Å². The van der Waals surface area contributed by atoms with E-state index < -0.39 is 16.5 Å². The maximum Gasteiger partial charge on any atom is 0.263 e. The van der Waals surface area contributed by atoms with Crippen molar-refractivity contribution < 1.29 is 28.7 Å². The quantitative estimate of drug-likeness (QED) is 0.297. The first-order valence-corrected chi connectivity index (χ1v) is 19.8. The molecule has 50 heavy (non-hydrogen) atoms. The number of nitrogens with zero attached hydrogens (tertiary/aromatic N) is 2. The Hall–Kier alpha value is -2.50. The Morgan fingerprint density at radius 3 is 2.42 bits per heavy atom. The standard InChI is InChI=1S/C33H43ClN2O4S.C6H15NO2/c1-4-6-23-15-28(34)11-13-29(23)27-18-36-17-25-9-12-30(25)26(19-37)8-5-7-21(2)22(3)41(39)35-33(38)24-10-14-32(40-20-27)31(36)16-24;1-6(4-8,5-9)7(2)3/h10-11,13-16,19,21-22,25-27,30H,4-9,12,17-18,20H2,1-3H3,(H,35,38);8-9H,4-5H2,1-3H3. The third-order valence-electron chi connectivity index (χ3n) is 11.5. The van der Waals surface area contributed by atoms with Crippen LogP contribution in [0.3, 0.4) is 0 Å². The topological polar surface area (TPSA) is 119 Å². The van der Waals surface area contributed by atoms with Crippen LogP contribution in [0.2, 0.25) is 5.02 Å². The number of likely N-dealkylation sites (N-methyl/N-ethyl adjacent to an activating group) is 1. The molecular weight excluding hydrogens is 674 g/mol. The minimum Gasteiger partial charge on any atom is -0.491 e. The van der Waals surface area contributed by atoms with E-state index >= 15 is 0 Å². The molecule has 9 nitrogen and oxygen atoms in total. The molecule has 0 spiro atoms. The fourth-order valence-corrected chi connectivity index (χ4v) is 8.44. The highest BCUT2D eigenvalue weighted by Crippen LogP contribution is 2.44. The van der Waals surface area contributed by atoms with Gasteiger partial charge in [0.05, 0.1) is 36.3 Å². The molecule has 3 aliphatic rings. The van der Waals surface area contributed by atoms with Crippen LogP contribution in [0.1, 0.15) is 93.6 Å². The van der Waals surface area contributed by atoms with Crippen LogP contribution in [0.15, 0.2) is 36.4 Å². The van der Waals surface area contributed by atoms with Crippen LogP contribution in [0, 0.1) is 23.7 Å². The summed E-state index contributed by atoms with van der Waals surface area (Å²) in [5.74, 6) is 1.54. The number of aliphatic hydroxyl groups excluding tert-OH is 2. The number of nitrogens with one attached hydrogen (secondary N) is 1. The zero-order chi connectivity index (χ0) is 36.6. The molecule has 2 aromatic carbocycles. The van der Waals surface area contributed by atoms with E-state index in [0.29, 0.717) is 24.0 Å². The Morgan fingerprint density at radius 1 is 1.08 bits per heavy atom. The van der Waals surface area contributed by atoms with Gasteiger partial charge in [0, 0.05) is 35.5 Å². The number of hydrogen-bond acceptors (Lipinski definition) is 8. The van der Waals surface area contributed by atoms with E-state index in [4.69, 9.17) is 26.6 Å². The van der Waals surface area contributed by atoms with Crippen molar-refractivity contribution in [2.45, 2.75) is 89.3 Å². The van der Waals surface area contributed by atoms with Gasteiger partial charge in [0.2, 0.25) is 0 Å². The SMILES string of the molecule is CCCc1cc(Cl)ccc1C1COc2ccc3cc2N(C1)CC1CCC1C(C=O)CCCC(C)C(C)S(=O)NC3=O.CN(C)C(C)(CO)CO. The number of rotatable bonds is 7. The zero-order valence-corrected chi connectivity index (χ0v) is 32.3. The molecule has 3 N–H and O–H groups in total. The van der Waals surface area contributed by atoms with Gasteiger partial charge in [-0.05, 0) is 119 Å². The number of anilines is 1. The lowest BCUT2D eigenvalue weighted by molar-refractivity contribution is -0.115. The van der Waals surface area contributed by atoms with E-state index in [1.54, 1.807) is 17.9 Å². The molecule has 1 saturated carbocycles. The maximum absolute atomic E-state index is 13.3. The van der Waals surface area contributed by atoms with E-state index in [0.717, 1.165) is 74.5 Å². The van der Waals surface area contributed by atoms with Crippen LogP contribution in [0.5, 0.6) is 5.75 Å². The van der Waals surface area contributed by atoms with Gasteiger partial charge in [-0.15, -0.1) is 0 Å². The molecule has 2 aromatic rings. The lowest BCUT2D eigenvalue weighted by Gasteiger charge is -2.43. The van der Waals surface area contributed by atoms with Crippen LogP contribution < -0.4 is 14.4 Å². The average Bonchev–Trinajstić information content (AvgIpc) is 3.27. The Bertz CT molecular complexity index is 1470. The van der Waals surface area contributed by atoms with Crippen molar-refractivity contribution in [2.75, 3.05) is 51.9 Å². The molecule has 2 heterocycles. The predicted molar refractivity (Wildman–Crippen MR) is 202 cm³/mol. The summed E-state index contributed by atoms with van der Waals surface area (Å²) in [4.78, 5) is 29.7. The van der Waals surface area contributed by atoms with Crippen molar-refractivity contribution in [3.8, 4) is 5.75 Å². The maximum atomic E-state index is 13.3. The molecular formula is C39H58ClN3O6S. The third-order valence-corrected chi connectivity index (χ3v) is 13.2. The van der Waals surface area contributed by atoms with Gasteiger partial charge >= 0.3 is 0 Å². The number of halogens is 1. The van der Waals surface area contributed by atoms with Gasteiger partial charge in [-0.2, -0.15) is 0 Å². The number of fused-ring (bicyclic) bond motifs is 2. The highest BCUT2D eigenvalue weighted by molar-refractivity contribution is 7.84. The van der Waals surface area contributed by atoms with Crippen LogP contribution in [0.25, 0.3) is 0 Å². The summed E-state index contributed by atoms with van der Waals surface area (Å²) < 4.78 is 22.3. The van der Waals surface area contributed by atoms with Crippen LogP contribution in [-0.2, 0) is 22.2 Å². The first-order chi connectivity index (χ1) is 23.8. The second-order valence-electron chi connectivity index (χ2n) is 15.0. The Kier molecular flexibility index (Phi) is 14.8. The Morgan fingerprint density at radius 2 is 1.82 bits per heavy atom. The van der Waals surface area contributed by atoms with Crippen molar-refractivity contribution in [3.63, 3.8) is 0 Å². The van der Waals surface area contributed by atoms with Gasteiger partial charge in [0.1, 0.15) is 23.0 Å². The fraction of sp³-hybridized carbons (Fsp3) is 0.641. The number of carbonyl (C=O) groups is 2. The molecule has 0 saturated heterocycles. The molecule has 0 aromatic heterocycles. The van der Waals surface area contributed by atoms with E-state index in [1.165, 1.54) is 17.4 Å². The van der Waals surface area contributed by atoms with Crippen LogP contribution >= 0.6 is 11.6 Å². The number of ether oxygens (including phenoxy) is 1. The molecule has 1 amide bonds. The van der Waals surface area contributed by atoms with E-state index in [2.05, 4.69) is 35.6 Å². The summed E-state index contributed by atoms with van der Waals surface area (Å²) in [5.41, 5.74) is 3.40. The highest BCUT2D eigenvalue weighted by Gasteiger charge is 2.39. The molecule has 278 valence electrons. The monoisotopic (exact) mass is 731 g/mol. The summed E-state index contributed by atoms with van der Waals surface area (Å²) in [7, 11) is 2.14. The van der Waals surface area contributed by atoms with Gasteiger partial charge in [0.25, 0.3) is 5.91 Å². The molecule has 5 rings (SSSR count). The van der Waals surface area contributed by atoms with Gasteiger partial charge in [0.15, 0.2) is 0 Å². The molecule has 1 fully saturated rings. The minimum atomic E-state index is -1.51. The summed E-state index contributed by atoms with van der Waals surface area (Å²) in [6, 6.07) is 11.7. The summed E-state index contributed by atoms with van der Waals surface area (Å²) >= 11 is 6.39. The average molecular weight is 732 g/mol. The first kappa shape index (κ1) is 40.3. The van der Waals surface area contributed by atoms with Gasteiger partial charge < -0.3 is 24.6 Å². The minimum absolute atomic E-state index is 0.0174. The van der Waals surface area contributed by atoms with Gasteiger partial charge in [-0.25, -0.2) is 4.21 Å². The Balaban J connectivity index is 0.000000551. The molecule has 7 unspecified atom stereocenters. The second kappa shape index (κ2) is 18.3. The van der Waals surface area contributed by atoms with Crippen LogP contribution in [-0.4, -0.2) is 89.3 Å². The first-order valence-electron chi connectivity index (χ1n) is 18.2. The van der Waals surface area contributed by atoms with Crippen molar-refractivity contribution >= 4 is 40.5 Å². The van der Waals surface area contributed by atoms with E-state index in [9.17, 15) is 13.8 Å². The van der Waals surface area contributed by atoms with E-state index in [1.807, 2.05) is 39.2 Å². The number of aryl methyl sites for hydroxylation is 1. The lowest BCUT2D eigenvalue weighted by Crippen LogP contribution is -2.47. The number of aliphatic hydroxyl groups is 2. The van der Waals surface area contributed by atoms with Crippen molar-refractivity contribution in [3.05, 3.63) is 58.1 Å².